The van der Waals surface area contributed by atoms with Crippen LogP contribution in [0.2, 0.25) is 0 Å². The van der Waals surface area contributed by atoms with E-state index >= 15 is 0 Å². The van der Waals surface area contributed by atoms with E-state index in [2.05, 4.69) is 4.98 Å². The Labute approximate surface area is 194 Å². The van der Waals surface area contributed by atoms with Gasteiger partial charge in [-0.25, -0.2) is 9.59 Å². The van der Waals surface area contributed by atoms with Crippen molar-refractivity contribution in [1.82, 2.24) is 9.55 Å². The fourth-order valence-electron chi connectivity index (χ4n) is 3.10. The van der Waals surface area contributed by atoms with Gasteiger partial charge in [-0.2, -0.15) is 0 Å². The van der Waals surface area contributed by atoms with Crippen LogP contribution in [0.25, 0.3) is 6.08 Å². The van der Waals surface area contributed by atoms with Crippen LogP contribution in [0.15, 0.2) is 68.8 Å². The maximum Gasteiger partial charge on any atom is 0.331 e. The Morgan fingerprint density at radius 3 is 2.62 bits per heavy atom. The monoisotopic (exact) mass is 468 g/mol. The first kappa shape index (κ1) is 24.3. The van der Waals surface area contributed by atoms with Gasteiger partial charge in [0.05, 0.1) is 19.4 Å². The SMILES string of the molecule is COCCN(C(=O)COC(=O)C=Cc1ccco1)c1c(N)n(Cc2ccccc2)c(=O)[nH]c1=O. The maximum absolute atomic E-state index is 12.9. The summed E-state index contributed by atoms with van der Waals surface area (Å²) in [5.41, 5.74) is 5.14. The van der Waals surface area contributed by atoms with Crippen LogP contribution >= 0.6 is 0 Å². The number of amides is 1. The molecule has 0 aliphatic heterocycles. The summed E-state index contributed by atoms with van der Waals surface area (Å²) < 4.78 is 16.3. The number of hydrogen-bond donors (Lipinski definition) is 2. The van der Waals surface area contributed by atoms with Crippen molar-refractivity contribution < 1.29 is 23.5 Å². The lowest BCUT2D eigenvalue weighted by atomic mass is 10.2. The van der Waals surface area contributed by atoms with Gasteiger partial charge in [0.25, 0.3) is 11.5 Å². The number of carbonyl (C=O) groups excluding carboxylic acids is 2. The highest BCUT2D eigenvalue weighted by Crippen LogP contribution is 2.18. The lowest BCUT2D eigenvalue weighted by molar-refractivity contribution is -0.142. The van der Waals surface area contributed by atoms with Gasteiger partial charge in [0.15, 0.2) is 12.3 Å². The lowest BCUT2D eigenvalue weighted by Gasteiger charge is -2.24. The van der Waals surface area contributed by atoms with E-state index in [1.165, 1.54) is 19.4 Å². The number of nitrogens with two attached hydrogens (primary N) is 1. The normalized spacial score (nSPS) is 11.0. The van der Waals surface area contributed by atoms with Crippen molar-refractivity contribution in [2.45, 2.75) is 6.54 Å². The average molecular weight is 468 g/mol. The number of hydrogen-bond acceptors (Lipinski definition) is 8. The molecule has 34 heavy (non-hydrogen) atoms. The summed E-state index contributed by atoms with van der Waals surface area (Å²) in [4.78, 5) is 53.1. The third-order valence-corrected chi connectivity index (χ3v) is 4.75. The van der Waals surface area contributed by atoms with E-state index in [-0.39, 0.29) is 31.2 Å². The van der Waals surface area contributed by atoms with Crippen molar-refractivity contribution in [2.75, 3.05) is 37.5 Å². The summed E-state index contributed by atoms with van der Waals surface area (Å²) >= 11 is 0. The molecule has 2 aromatic heterocycles. The molecule has 0 bridgehead atoms. The number of carbonyl (C=O) groups is 2. The number of esters is 1. The number of aromatic nitrogens is 2. The first-order valence-electron chi connectivity index (χ1n) is 10.2. The third-order valence-electron chi connectivity index (χ3n) is 4.75. The van der Waals surface area contributed by atoms with Gasteiger partial charge in [-0.3, -0.25) is 24.0 Å². The largest absolute Gasteiger partial charge is 0.465 e. The molecule has 0 radical (unpaired) electrons. The van der Waals surface area contributed by atoms with Crippen molar-refractivity contribution in [1.29, 1.82) is 0 Å². The van der Waals surface area contributed by atoms with E-state index in [9.17, 15) is 19.2 Å². The lowest BCUT2D eigenvalue weighted by Crippen LogP contribution is -2.44. The van der Waals surface area contributed by atoms with Crippen molar-refractivity contribution in [3.63, 3.8) is 0 Å². The average Bonchev–Trinajstić information content (AvgIpc) is 3.35. The Morgan fingerprint density at radius 1 is 1.18 bits per heavy atom. The summed E-state index contributed by atoms with van der Waals surface area (Å²) in [5, 5.41) is 0. The second-order valence-electron chi connectivity index (χ2n) is 7.06. The molecular weight excluding hydrogens is 444 g/mol. The molecule has 0 aliphatic carbocycles. The van der Waals surface area contributed by atoms with Gasteiger partial charge in [0, 0.05) is 19.7 Å². The molecule has 0 saturated heterocycles. The first-order chi connectivity index (χ1) is 16.4. The molecule has 178 valence electrons. The van der Waals surface area contributed by atoms with Crippen LogP contribution in [0.5, 0.6) is 0 Å². The van der Waals surface area contributed by atoms with E-state index in [0.717, 1.165) is 21.1 Å². The highest BCUT2D eigenvalue weighted by atomic mass is 16.5. The molecule has 11 heteroatoms. The molecule has 0 atom stereocenters. The molecule has 2 heterocycles. The van der Waals surface area contributed by atoms with Gasteiger partial charge in [0.1, 0.15) is 11.6 Å². The van der Waals surface area contributed by atoms with Crippen LogP contribution in [0.4, 0.5) is 11.5 Å². The minimum atomic E-state index is -0.847. The molecule has 3 rings (SSSR count). The number of ether oxygens (including phenoxy) is 2. The number of nitrogens with one attached hydrogen (secondary N) is 1. The first-order valence-corrected chi connectivity index (χ1v) is 10.2. The number of furan rings is 1. The number of nitrogen functional groups attached to an aromatic ring is 1. The van der Waals surface area contributed by atoms with Crippen molar-refractivity contribution in [3.8, 4) is 0 Å². The fourth-order valence-corrected chi connectivity index (χ4v) is 3.10. The van der Waals surface area contributed by atoms with E-state index in [1.807, 2.05) is 6.07 Å². The molecular formula is C23H24N4O7. The summed E-state index contributed by atoms with van der Waals surface area (Å²) in [6.07, 6.45) is 3.94. The Kier molecular flexibility index (Phi) is 8.19. The topological polar surface area (TPSA) is 150 Å². The van der Waals surface area contributed by atoms with Gasteiger partial charge in [-0.05, 0) is 23.8 Å². The summed E-state index contributed by atoms with van der Waals surface area (Å²) in [6.45, 7) is -0.587. The standard InChI is InChI=1S/C23H24N4O7/c1-32-13-11-26(18(28)15-34-19(29)10-9-17-8-5-12-33-17)20-21(24)27(23(31)25-22(20)30)14-16-6-3-2-4-7-16/h2-10,12H,11,13-15,24H2,1H3,(H,25,30,31). The number of anilines is 2. The zero-order valence-electron chi connectivity index (χ0n) is 18.4. The number of nitrogens with zero attached hydrogens (tertiary/aromatic N) is 2. The molecule has 1 amide bonds. The molecule has 11 nitrogen and oxygen atoms in total. The van der Waals surface area contributed by atoms with Crippen molar-refractivity contribution >= 4 is 29.5 Å². The van der Waals surface area contributed by atoms with Crippen LogP contribution in [0.3, 0.4) is 0 Å². The molecule has 0 unspecified atom stereocenters. The number of benzene rings is 1. The molecule has 0 saturated carbocycles. The minimum Gasteiger partial charge on any atom is -0.465 e. The highest BCUT2D eigenvalue weighted by Gasteiger charge is 2.25. The van der Waals surface area contributed by atoms with Crippen LogP contribution < -0.4 is 21.9 Å². The van der Waals surface area contributed by atoms with Gasteiger partial charge in [0.2, 0.25) is 0 Å². The van der Waals surface area contributed by atoms with E-state index in [0.29, 0.717) is 5.76 Å². The molecule has 1 aromatic carbocycles. The molecule has 0 spiro atoms. The van der Waals surface area contributed by atoms with E-state index < -0.39 is 29.7 Å². The maximum atomic E-state index is 12.9. The second kappa shape index (κ2) is 11.5. The number of H-pyrrole nitrogens is 1. The second-order valence-corrected chi connectivity index (χ2v) is 7.06. The zero-order chi connectivity index (χ0) is 24.5. The Balaban J connectivity index is 1.84. The zero-order valence-corrected chi connectivity index (χ0v) is 18.4. The molecule has 3 N–H and O–H groups in total. The number of methoxy groups -OCH3 is 1. The molecule has 0 fully saturated rings. The van der Waals surface area contributed by atoms with Crippen molar-refractivity contribution in [3.05, 3.63) is 87.0 Å². The quantitative estimate of drug-likeness (QED) is 0.330. The van der Waals surface area contributed by atoms with Crippen LogP contribution in [-0.4, -0.2) is 48.3 Å². The van der Waals surface area contributed by atoms with E-state index in [1.54, 1.807) is 36.4 Å². The van der Waals surface area contributed by atoms with Gasteiger partial charge >= 0.3 is 11.7 Å². The van der Waals surface area contributed by atoms with Gasteiger partial charge in [-0.15, -0.1) is 0 Å². The Hall–Kier alpha value is -4.38. The molecule has 0 aliphatic rings. The number of aromatic amines is 1. The summed E-state index contributed by atoms with van der Waals surface area (Å²) in [6, 6.07) is 12.3. The number of rotatable bonds is 10. The van der Waals surface area contributed by atoms with Crippen LogP contribution in [-0.2, 0) is 25.6 Å². The fraction of sp³-hybridized carbons (Fsp3) is 0.217. The summed E-state index contributed by atoms with van der Waals surface area (Å²) in [5.74, 6) is -1.28. The predicted octanol–water partition coefficient (Wildman–Crippen LogP) is 0.996. The Morgan fingerprint density at radius 2 is 1.94 bits per heavy atom. The van der Waals surface area contributed by atoms with Crippen LogP contribution in [0.1, 0.15) is 11.3 Å². The Bertz CT molecular complexity index is 1260. The smallest absolute Gasteiger partial charge is 0.331 e. The van der Waals surface area contributed by atoms with E-state index in [4.69, 9.17) is 19.6 Å². The highest BCUT2D eigenvalue weighted by molar-refractivity contribution is 5.98. The third kappa shape index (κ3) is 6.11. The van der Waals surface area contributed by atoms with Crippen molar-refractivity contribution in [2.24, 2.45) is 0 Å². The van der Waals surface area contributed by atoms with Gasteiger partial charge in [-0.1, -0.05) is 30.3 Å². The van der Waals surface area contributed by atoms with Gasteiger partial charge < -0.3 is 19.6 Å². The predicted molar refractivity (Wildman–Crippen MR) is 124 cm³/mol. The summed E-state index contributed by atoms with van der Waals surface area (Å²) in [7, 11) is 1.42. The minimum absolute atomic E-state index is 0.0636. The molecule has 3 aromatic rings. The van der Waals surface area contributed by atoms with Crippen LogP contribution in [0, 0.1) is 0 Å².